The number of carbonyl (C=O) groups is 2. The topological polar surface area (TPSA) is 88.3 Å². The zero-order chi connectivity index (χ0) is 18.5. The van der Waals surface area contributed by atoms with Crippen LogP contribution in [0.25, 0.3) is 11.0 Å². The normalized spacial score (nSPS) is 20.7. The number of piperidine rings is 1. The summed E-state index contributed by atoms with van der Waals surface area (Å²) in [5, 5.41) is 8.99. The van der Waals surface area contributed by atoms with Crippen molar-refractivity contribution in [3.05, 3.63) is 24.8 Å². The van der Waals surface area contributed by atoms with Gasteiger partial charge in [-0.05, 0) is 38.3 Å². The molecule has 1 aliphatic heterocycles. The number of pyridine rings is 1. The number of fused-ring (bicyclic) bond motifs is 1. The lowest BCUT2D eigenvalue weighted by Gasteiger charge is -2.43. The third kappa shape index (κ3) is 3.77. The third-order valence-electron chi connectivity index (χ3n) is 5.43. The van der Waals surface area contributed by atoms with Gasteiger partial charge in [0, 0.05) is 18.7 Å². The number of carboxylic acid groups (broad SMARTS) is 1. The monoisotopic (exact) mass is 358 g/mol. The zero-order valence-electron chi connectivity index (χ0n) is 15.1. The SMILES string of the molecule is CCC(C1CCCCN1C(C=O)CCC(=O)O)n1cnc2cnccc21. The van der Waals surface area contributed by atoms with Crippen LogP contribution in [0.3, 0.4) is 0 Å². The standard InChI is InChI=1S/C19H26N4O3/c1-2-16(23-13-21-15-11-20-9-8-17(15)23)18-5-3-4-10-22(18)14(12-24)6-7-19(25)26/h8-9,11-14,16,18H,2-7,10H2,1H3,(H,25,26). The fourth-order valence-corrected chi connectivity index (χ4v) is 4.19. The molecule has 1 aliphatic rings. The van der Waals surface area contributed by atoms with Crippen LogP contribution >= 0.6 is 0 Å². The van der Waals surface area contributed by atoms with E-state index < -0.39 is 5.97 Å². The first-order valence-electron chi connectivity index (χ1n) is 9.35. The number of aromatic nitrogens is 3. The van der Waals surface area contributed by atoms with Crippen LogP contribution in [0.4, 0.5) is 0 Å². The van der Waals surface area contributed by atoms with Crippen molar-refractivity contribution in [3.8, 4) is 0 Å². The second-order valence-electron chi connectivity index (χ2n) is 6.93. The molecule has 3 rings (SSSR count). The van der Waals surface area contributed by atoms with Crippen LogP contribution in [0.5, 0.6) is 0 Å². The summed E-state index contributed by atoms with van der Waals surface area (Å²) in [4.78, 5) is 33.5. The molecular weight excluding hydrogens is 332 g/mol. The molecule has 0 aliphatic carbocycles. The molecule has 1 saturated heterocycles. The third-order valence-corrected chi connectivity index (χ3v) is 5.43. The largest absolute Gasteiger partial charge is 0.481 e. The van der Waals surface area contributed by atoms with E-state index in [-0.39, 0.29) is 24.5 Å². The summed E-state index contributed by atoms with van der Waals surface area (Å²) < 4.78 is 2.19. The summed E-state index contributed by atoms with van der Waals surface area (Å²) in [6.07, 6.45) is 10.8. The van der Waals surface area contributed by atoms with Gasteiger partial charge < -0.3 is 14.5 Å². The molecule has 140 valence electrons. The van der Waals surface area contributed by atoms with E-state index in [1.54, 1.807) is 12.4 Å². The maximum absolute atomic E-state index is 11.7. The fourth-order valence-electron chi connectivity index (χ4n) is 4.19. The number of likely N-dealkylation sites (tertiary alicyclic amines) is 1. The summed E-state index contributed by atoms with van der Waals surface area (Å²) in [6, 6.07) is 2.01. The molecule has 0 spiro atoms. The van der Waals surface area contributed by atoms with Crippen LogP contribution in [0.2, 0.25) is 0 Å². The molecule has 7 heteroatoms. The molecule has 1 N–H and O–H groups in total. The van der Waals surface area contributed by atoms with Crippen LogP contribution in [-0.4, -0.2) is 55.4 Å². The van der Waals surface area contributed by atoms with Gasteiger partial charge in [0.2, 0.25) is 0 Å². The minimum Gasteiger partial charge on any atom is -0.481 e. The van der Waals surface area contributed by atoms with E-state index in [9.17, 15) is 9.59 Å². The number of hydrogen-bond acceptors (Lipinski definition) is 5. The van der Waals surface area contributed by atoms with Gasteiger partial charge in [-0.2, -0.15) is 0 Å². The van der Waals surface area contributed by atoms with Gasteiger partial charge in [-0.1, -0.05) is 13.3 Å². The van der Waals surface area contributed by atoms with E-state index in [0.717, 1.165) is 49.5 Å². The van der Waals surface area contributed by atoms with Gasteiger partial charge in [-0.15, -0.1) is 0 Å². The van der Waals surface area contributed by atoms with Crippen molar-refractivity contribution in [2.45, 2.75) is 63.6 Å². The maximum Gasteiger partial charge on any atom is 0.303 e. The lowest BCUT2D eigenvalue weighted by atomic mass is 9.91. The van der Waals surface area contributed by atoms with E-state index in [2.05, 4.69) is 26.4 Å². The summed E-state index contributed by atoms with van der Waals surface area (Å²) in [6.45, 7) is 2.98. The Labute approximate surface area is 153 Å². The van der Waals surface area contributed by atoms with Crippen LogP contribution in [0, 0.1) is 0 Å². The first-order chi connectivity index (χ1) is 12.7. The van der Waals surface area contributed by atoms with Gasteiger partial charge >= 0.3 is 5.97 Å². The van der Waals surface area contributed by atoms with Crippen molar-refractivity contribution >= 4 is 23.3 Å². The molecule has 0 aromatic carbocycles. The quantitative estimate of drug-likeness (QED) is 0.730. The van der Waals surface area contributed by atoms with Crippen molar-refractivity contribution in [2.24, 2.45) is 0 Å². The molecule has 0 bridgehead atoms. The number of carbonyl (C=O) groups excluding carboxylic acids is 1. The number of aliphatic carboxylic acids is 1. The van der Waals surface area contributed by atoms with Crippen molar-refractivity contribution in [1.82, 2.24) is 19.4 Å². The molecule has 3 atom stereocenters. The molecule has 3 unspecified atom stereocenters. The Morgan fingerprint density at radius 1 is 1.46 bits per heavy atom. The molecule has 3 heterocycles. The van der Waals surface area contributed by atoms with Gasteiger partial charge in [-0.25, -0.2) is 4.98 Å². The Morgan fingerprint density at radius 3 is 3.04 bits per heavy atom. The van der Waals surface area contributed by atoms with Gasteiger partial charge in [-0.3, -0.25) is 14.7 Å². The Balaban J connectivity index is 1.89. The van der Waals surface area contributed by atoms with Gasteiger partial charge in [0.15, 0.2) is 0 Å². The number of carboxylic acids is 1. The molecule has 0 radical (unpaired) electrons. The van der Waals surface area contributed by atoms with Crippen LogP contribution < -0.4 is 0 Å². The Morgan fingerprint density at radius 2 is 2.31 bits per heavy atom. The van der Waals surface area contributed by atoms with E-state index in [4.69, 9.17) is 5.11 Å². The Kier molecular flexibility index (Phi) is 5.98. The number of aldehydes is 1. The van der Waals surface area contributed by atoms with Gasteiger partial charge in [0.1, 0.15) is 11.8 Å². The minimum absolute atomic E-state index is 0.0170. The first kappa shape index (κ1) is 18.5. The van der Waals surface area contributed by atoms with E-state index in [0.29, 0.717) is 6.42 Å². The molecule has 0 saturated carbocycles. The molecule has 26 heavy (non-hydrogen) atoms. The minimum atomic E-state index is -0.856. The van der Waals surface area contributed by atoms with Crippen LogP contribution in [-0.2, 0) is 9.59 Å². The number of nitrogens with zero attached hydrogens (tertiary/aromatic N) is 4. The van der Waals surface area contributed by atoms with Crippen LogP contribution in [0.1, 0.15) is 51.5 Å². The summed E-state index contributed by atoms with van der Waals surface area (Å²) >= 11 is 0. The second kappa shape index (κ2) is 8.40. The summed E-state index contributed by atoms with van der Waals surface area (Å²) in [7, 11) is 0. The number of imidazole rings is 1. The van der Waals surface area contributed by atoms with Crippen LogP contribution in [0.15, 0.2) is 24.8 Å². The average molecular weight is 358 g/mol. The maximum atomic E-state index is 11.7. The van der Waals surface area contributed by atoms with Gasteiger partial charge in [0.25, 0.3) is 0 Å². The Bertz CT molecular complexity index is 760. The molecule has 7 nitrogen and oxygen atoms in total. The predicted octanol–water partition coefficient (Wildman–Crippen LogP) is 2.67. The summed E-state index contributed by atoms with van der Waals surface area (Å²) in [5.74, 6) is -0.856. The number of hydrogen-bond donors (Lipinski definition) is 1. The van der Waals surface area contributed by atoms with Gasteiger partial charge in [0.05, 0.1) is 30.1 Å². The molecule has 0 amide bonds. The highest BCUT2D eigenvalue weighted by Gasteiger charge is 2.34. The highest BCUT2D eigenvalue weighted by Crippen LogP contribution is 2.33. The predicted molar refractivity (Wildman–Crippen MR) is 97.9 cm³/mol. The smallest absolute Gasteiger partial charge is 0.303 e. The lowest BCUT2D eigenvalue weighted by molar-refractivity contribution is -0.137. The molecule has 2 aromatic heterocycles. The average Bonchev–Trinajstić information content (AvgIpc) is 3.08. The van der Waals surface area contributed by atoms with Crippen molar-refractivity contribution in [2.75, 3.05) is 6.54 Å². The van der Waals surface area contributed by atoms with E-state index >= 15 is 0 Å². The molecular formula is C19H26N4O3. The first-order valence-corrected chi connectivity index (χ1v) is 9.35. The number of rotatable bonds is 8. The second-order valence-corrected chi connectivity index (χ2v) is 6.93. The van der Waals surface area contributed by atoms with E-state index in [1.165, 1.54) is 0 Å². The Hall–Kier alpha value is -2.28. The fraction of sp³-hybridized carbons (Fsp3) is 0.579. The van der Waals surface area contributed by atoms with Crippen molar-refractivity contribution < 1.29 is 14.7 Å². The molecule has 2 aromatic rings. The zero-order valence-corrected chi connectivity index (χ0v) is 15.1. The highest BCUT2D eigenvalue weighted by atomic mass is 16.4. The summed E-state index contributed by atoms with van der Waals surface area (Å²) in [5.41, 5.74) is 1.91. The lowest BCUT2D eigenvalue weighted by Crippen LogP contribution is -2.50. The molecule has 1 fully saturated rings. The van der Waals surface area contributed by atoms with E-state index in [1.807, 2.05) is 12.4 Å². The highest BCUT2D eigenvalue weighted by molar-refractivity contribution is 5.74. The van der Waals surface area contributed by atoms with Crippen molar-refractivity contribution in [1.29, 1.82) is 0 Å². The van der Waals surface area contributed by atoms with Crippen molar-refractivity contribution in [3.63, 3.8) is 0 Å².